The molecule has 2 heterocycles. The number of hydrogen-bond acceptors (Lipinski definition) is 6. The van der Waals surface area contributed by atoms with E-state index < -0.39 is 0 Å². The van der Waals surface area contributed by atoms with Crippen molar-refractivity contribution in [3.05, 3.63) is 65.7 Å². The van der Waals surface area contributed by atoms with E-state index in [0.717, 1.165) is 51.1 Å². The second-order valence-corrected chi connectivity index (χ2v) is 10.2. The molecule has 2 aromatic rings. The van der Waals surface area contributed by atoms with Gasteiger partial charge >= 0.3 is 0 Å². The van der Waals surface area contributed by atoms with Crippen LogP contribution in [0.3, 0.4) is 0 Å². The Morgan fingerprint density at radius 3 is 2.44 bits per heavy atom. The number of carbonyl (C=O) groups is 2. The quantitative estimate of drug-likeness (QED) is 0.586. The van der Waals surface area contributed by atoms with Crippen LogP contribution in [0, 0.1) is 0 Å². The summed E-state index contributed by atoms with van der Waals surface area (Å²) in [4.78, 5) is 33.0. The van der Waals surface area contributed by atoms with Gasteiger partial charge in [-0.1, -0.05) is 36.4 Å². The molecular formula is C31H42N4O4. The van der Waals surface area contributed by atoms with E-state index >= 15 is 0 Å². The third-order valence-electron chi connectivity index (χ3n) is 7.52. The van der Waals surface area contributed by atoms with Crippen LogP contribution in [0.15, 0.2) is 54.6 Å². The number of ether oxygens (including phenoxy) is 2. The molecule has 0 spiro atoms. The Bertz CT molecular complexity index is 1110. The largest absolute Gasteiger partial charge is 0.493 e. The Hall–Kier alpha value is -3.36. The molecule has 2 aliphatic heterocycles. The van der Waals surface area contributed by atoms with Crippen LogP contribution in [0.25, 0.3) is 6.08 Å². The van der Waals surface area contributed by atoms with E-state index in [1.54, 1.807) is 20.3 Å². The van der Waals surface area contributed by atoms with Crippen LogP contribution in [0.5, 0.6) is 11.5 Å². The van der Waals surface area contributed by atoms with Crippen molar-refractivity contribution >= 4 is 17.9 Å². The van der Waals surface area contributed by atoms with Gasteiger partial charge in [-0.25, -0.2) is 0 Å². The minimum absolute atomic E-state index is 0.0197. The Morgan fingerprint density at radius 1 is 0.897 bits per heavy atom. The fourth-order valence-corrected chi connectivity index (χ4v) is 5.41. The maximum atomic E-state index is 13.2. The van der Waals surface area contributed by atoms with Crippen molar-refractivity contribution < 1.29 is 19.1 Å². The van der Waals surface area contributed by atoms with Gasteiger partial charge in [0, 0.05) is 51.3 Å². The van der Waals surface area contributed by atoms with Crippen molar-refractivity contribution in [1.82, 2.24) is 20.0 Å². The lowest BCUT2D eigenvalue weighted by Gasteiger charge is -2.40. The van der Waals surface area contributed by atoms with Crippen LogP contribution < -0.4 is 14.8 Å². The number of nitrogens with one attached hydrogen (secondary N) is 1. The molecule has 8 nitrogen and oxygen atoms in total. The van der Waals surface area contributed by atoms with E-state index in [9.17, 15) is 9.59 Å². The van der Waals surface area contributed by atoms with Gasteiger partial charge in [-0.15, -0.1) is 0 Å². The predicted octanol–water partition coefficient (Wildman–Crippen LogP) is 3.94. The van der Waals surface area contributed by atoms with Crippen LogP contribution >= 0.6 is 0 Å². The van der Waals surface area contributed by atoms with Crippen molar-refractivity contribution in [1.29, 1.82) is 0 Å². The third kappa shape index (κ3) is 8.31. The van der Waals surface area contributed by atoms with E-state index in [1.807, 2.05) is 35.2 Å². The molecule has 1 N–H and O–H groups in total. The van der Waals surface area contributed by atoms with Crippen molar-refractivity contribution in [2.24, 2.45) is 0 Å². The molecule has 2 unspecified atom stereocenters. The molecule has 39 heavy (non-hydrogen) atoms. The second-order valence-electron chi connectivity index (χ2n) is 10.2. The normalized spacial score (nSPS) is 23.4. The summed E-state index contributed by atoms with van der Waals surface area (Å²) in [5.74, 6) is 1.32. The second kappa shape index (κ2) is 14.7. The van der Waals surface area contributed by atoms with Gasteiger partial charge in [-0.3, -0.25) is 19.4 Å². The summed E-state index contributed by atoms with van der Waals surface area (Å²) in [7, 11) is 3.20. The Morgan fingerprint density at radius 2 is 1.64 bits per heavy atom. The first-order valence-corrected chi connectivity index (χ1v) is 14.0. The predicted molar refractivity (Wildman–Crippen MR) is 154 cm³/mol. The minimum atomic E-state index is -0.0197. The van der Waals surface area contributed by atoms with Crippen molar-refractivity contribution in [2.45, 2.75) is 38.1 Å². The molecule has 2 aromatic carbocycles. The summed E-state index contributed by atoms with van der Waals surface area (Å²) in [6, 6.07) is 16.0. The first-order chi connectivity index (χ1) is 19.1. The number of nitrogens with zero attached hydrogens (tertiary/aromatic N) is 3. The monoisotopic (exact) mass is 534 g/mol. The lowest BCUT2D eigenvalue weighted by molar-refractivity contribution is -0.126. The molecule has 3 atom stereocenters. The van der Waals surface area contributed by atoms with Gasteiger partial charge in [-0.05, 0) is 61.6 Å². The molecule has 2 bridgehead atoms. The first-order valence-electron chi connectivity index (χ1n) is 14.0. The van der Waals surface area contributed by atoms with Gasteiger partial charge in [0.05, 0.1) is 20.9 Å². The Kier molecular flexibility index (Phi) is 10.8. The average molecular weight is 535 g/mol. The van der Waals surface area contributed by atoms with Crippen LogP contribution in [-0.4, -0.2) is 86.7 Å². The third-order valence-corrected chi connectivity index (χ3v) is 7.52. The van der Waals surface area contributed by atoms with Crippen LogP contribution in [-0.2, 0) is 9.59 Å². The summed E-state index contributed by atoms with van der Waals surface area (Å²) >= 11 is 0. The number of carbonyl (C=O) groups excluding carboxylic acids is 2. The smallest absolute Gasteiger partial charge is 0.246 e. The minimum Gasteiger partial charge on any atom is -0.493 e. The van der Waals surface area contributed by atoms with Gasteiger partial charge < -0.3 is 19.7 Å². The van der Waals surface area contributed by atoms with E-state index in [-0.39, 0.29) is 17.9 Å². The highest BCUT2D eigenvalue weighted by Crippen LogP contribution is 2.28. The van der Waals surface area contributed by atoms with Crippen LogP contribution in [0.4, 0.5) is 0 Å². The highest BCUT2D eigenvalue weighted by Gasteiger charge is 2.27. The standard InChI is InChI=1S/C31H42N4O4/c1-38-28-14-12-25(22-29(28)39-2)13-15-31(37)34-19-7-6-17-33-18-9-21-35(24-33)27(26-10-4-3-5-11-26)23-30(36)32-16-8-20-34/h3-5,10-15,22,27H,6-9,16-21,23-24H2,1-2H3,(H,32,36)/b15-13-/t27-/m0/s1. The molecular weight excluding hydrogens is 492 g/mol. The van der Waals surface area contributed by atoms with E-state index in [4.69, 9.17) is 9.47 Å². The SMILES string of the molecule is COc1ccc(/C=C\C(=O)N2CCCCN3CCCN(C3)[C@H](c3ccccc3)CC(=O)NCCC2)cc1OC. The molecule has 8 heteroatoms. The molecule has 210 valence electrons. The molecule has 0 aromatic heterocycles. The van der Waals surface area contributed by atoms with E-state index in [0.29, 0.717) is 44.0 Å². The molecule has 2 aliphatic rings. The first kappa shape index (κ1) is 28.6. The summed E-state index contributed by atoms with van der Waals surface area (Å²) in [5, 5.41) is 3.11. The molecule has 2 fully saturated rings. The molecule has 2 saturated heterocycles. The zero-order valence-corrected chi connectivity index (χ0v) is 23.3. The lowest BCUT2D eigenvalue weighted by Crippen LogP contribution is -2.47. The number of fused-ring (bicyclic) bond motifs is 2. The molecule has 2 amide bonds. The summed E-state index contributed by atoms with van der Waals surface area (Å²) in [6.45, 7) is 5.78. The number of benzene rings is 2. The van der Waals surface area contributed by atoms with Gasteiger partial charge in [-0.2, -0.15) is 0 Å². The average Bonchev–Trinajstić information content (AvgIpc) is 2.98. The molecule has 4 rings (SSSR count). The molecule has 0 aliphatic carbocycles. The molecule has 0 radical (unpaired) electrons. The maximum absolute atomic E-state index is 13.2. The van der Waals surface area contributed by atoms with Gasteiger partial charge in [0.15, 0.2) is 11.5 Å². The van der Waals surface area contributed by atoms with Gasteiger partial charge in [0.1, 0.15) is 0 Å². The van der Waals surface area contributed by atoms with E-state index in [2.05, 4.69) is 39.4 Å². The lowest BCUT2D eigenvalue weighted by atomic mass is 10.0. The fourth-order valence-electron chi connectivity index (χ4n) is 5.41. The highest BCUT2D eigenvalue weighted by atomic mass is 16.5. The van der Waals surface area contributed by atoms with E-state index in [1.165, 1.54) is 5.56 Å². The Labute approximate surface area is 232 Å². The topological polar surface area (TPSA) is 74.4 Å². The van der Waals surface area contributed by atoms with Crippen LogP contribution in [0.2, 0.25) is 0 Å². The highest BCUT2D eigenvalue weighted by molar-refractivity contribution is 5.91. The maximum Gasteiger partial charge on any atom is 0.246 e. The molecule has 0 saturated carbocycles. The number of hydrogen-bond donors (Lipinski definition) is 1. The zero-order chi connectivity index (χ0) is 27.5. The van der Waals surface area contributed by atoms with Crippen molar-refractivity contribution in [3.8, 4) is 11.5 Å². The summed E-state index contributed by atoms with van der Waals surface area (Å²) < 4.78 is 10.7. The zero-order valence-electron chi connectivity index (χ0n) is 23.3. The van der Waals surface area contributed by atoms with Gasteiger partial charge in [0.2, 0.25) is 11.8 Å². The fraction of sp³-hybridized carbons (Fsp3) is 0.484. The van der Waals surface area contributed by atoms with Crippen LogP contribution in [0.1, 0.15) is 49.3 Å². The van der Waals surface area contributed by atoms with Crippen molar-refractivity contribution in [3.63, 3.8) is 0 Å². The number of methoxy groups -OCH3 is 2. The summed E-state index contributed by atoms with van der Waals surface area (Å²) in [5.41, 5.74) is 2.06. The van der Waals surface area contributed by atoms with Crippen molar-refractivity contribution in [2.75, 3.05) is 60.2 Å². The van der Waals surface area contributed by atoms with Gasteiger partial charge in [0.25, 0.3) is 0 Å². The Balaban J connectivity index is 1.41. The summed E-state index contributed by atoms with van der Waals surface area (Å²) in [6.07, 6.45) is 7.66. The number of amides is 2. The number of rotatable bonds is 5.